The monoisotopic (exact) mass is 345 g/mol. The minimum Gasteiger partial charge on any atom is -0.468 e. The molecule has 0 N–H and O–H groups in total. The van der Waals surface area contributed by atoms with Crippen LogP contribution in [0, 0.1) is 13.8 Å². The molecule has 3 rings (SSSR count). The Bertz CT molecular complexity index is 773. The number of rotatable bonds is 4. The predicted molar refractivity (Wildman–Crippen MR) is 92.0 cm³/mol. The van der Waals surface area contributed by atoms with Gasteiger partial charge in [0.25, 0.3) is 0 Å². The number of benzene rings is 1. The van der Waals surface area contributed by atoms with Crippen molar-refractivity contribution in [1.29, 1.82) is 0 Å². The second kappa shape index (κ2) is 6.68. The van der Waals surface area contributed by atoms with Crippen LogP contribution >= 0.6 is 11.8 Å². The first-order chi connectivity index (χ1) is 11.5. The molecule has 1 atom stereocenters. The molecule has 2 heterocycles. The van der Waals surface area contributed by atoms with Crippen LogP contribution in [-0.4, -0.2) is 46.0 Å². The van der Waals surface area contributed by atoms with E-state index >= 15 is 0 Å². The Labute approximate surface area is 144 Å². The van der Waals surface area contributed by atoms with Crippen molar-refractivity contribution in [2.24, 2.45) is 0 Å². The van der Waals surface area contributed by atoms with E-state index in [-0.39, 0.29) is 17.8 Å². The molecule has 2 aromatic rings. The van der Waals surface area contributed by atoms with Crippen LogP contribution in [0.2, 0.25) is 0 Å². The van der Waals surface area contributed by atoms with Gasteiger partial charge in [-0.05, 0) is 26.0 Å². The maximum absolute atomic E-state index is 12.2. The van der Waals surface area contributed by atoms with E-state index in [9.17, 15) is 9.59 Å². The maximum atomic E-state index is 12.2. The van der Waals surface area contributed by atoms with Gasteiger partial charge in [-0.1, -0.05) is 18.2 Å². The van der Waals surface area contributed by atoms with E-state index in [2.05, 4.69) is 5.10 Å². The Hall–Kier alpha value is -2.28. The Morgan fingerprint density at radius 1 is 1.33 bits per heavy atom. The summed E-state index contributed by atoms with van der Waals surface area (Å²) < 4.78 is 6.60. The van der Waals surface area contributed by atoms with Gasteiger partial charge >= 0.3 is 5.97 Å². The fourth-order valence-corrected chi connectivity index (χ4v) is 4.25. The molecular weight excluding hydrogens is 326 g/mol. The number of esters is 1. The van der Waals surface area contributed by atoms with Crippen LogP contribution in [0.15, 0.2) is 30.3 Å². The molecule has 1 fully saturated rings. The normalized spacial score (nSPS) is 17.4. The van der Waals surface area contributed by atoms with Gasteiger partial charge in [-0.3, -0.25) is 9.59 Å². The van der Waals surface area contributed by atoms with E-state index in [1.807, 2.05) is 48.9 Å². The highest BCUT2D eigenvalue weighted by Crippen LogP contribution is 2.41. The number of aryl methyl sites for hydroxylation is 1. The average Bonchev–Trinajstić information content (AvgIpc) is 3.08. The van der Waals surface area contributed by atoms with Gasteiger partial charge in [0.1, 0.15) is 11.9 Å². The summed E-state index contributed by atoms with van der Waals surface area (Å²) >= 11 is 1.52. The lowest BCUT2D eigenvalue weighted by Crippen LogP contribution is -2.34. The Balaban J connectivity index is 1.98. The van der Waals surface area contributed by atoms with Crippen molar-refractivity contribution in [3.63, 3.8) is 0 Å². The van der Waals surface area contributed by atoms with Gasteiger partial charge in [0.2, 0.25) is 5.91 Å². The van der Waals surface area contributed by atoms with Crippen molar-refractivity contribution in [2.45, 2.75) is 19.2 Å². The smallest absolute Gasteiger partial charge is 0.325 e. The van der Waals surface area contributed by atoms with Gasteiger partial charge in [0.05, 0.1) is 24.2 Å². The second-order valence-corrected chi connectivity index (χ2v) is 6.66. The van der Waals surface area contributed by atoms with Crippen LogP contribution in [0.3, 0.4) is 0 Å². The summed E-state index contributed by atoms with van der Waals surface area (Å²) in [5.41, 5.74) is 3.79. The van der Waals surface area contributed by atoms with Crippen LogP contribution in [-0.2, 0) is 14.3 Å². The topological polar surface area (TPSA) is 64.4 Å². The van der Waals surface area contributed by atoms with E-state index in [0.29, 0.717) is 5.75 Å². The van der Waals surface area contributed by atoms with Crippen LogP contribution in [0.25, 0.3) is 5.69 Å². The number of methoxy groups -OCH3 is 1. The van der Waals surface area contributed by atoms with Gasteiger partial charge in [0.15, 0.2) is 0 Å². The lowest BCUT2D eigenvalue weighted by Gasteiger charge is -2.23. The van der Waals surface area contributed by atoms with Crippen molar-refractivity contribution in [1.82, 2.24) is 14.7 Å². The molecule has 1 aliphatic heterocycles. The lowest BCUT2D eigenvalue weighted by molar-refractivity contribution is -0.146. The number of ether oxygens (including phenoxy) is 1. The van der Waals surface area contributed by atoms with Crippen molar-refractivity contribution >= 4 is 23.6 Å². The highest BCUT2D eigenvalue weighted by Gasteiger charge is 2.37. The Morgan fingerprint density at radius 3 is 2.71 bits per heavy atom. The summed E-state index contributed by atoms with van der Waals surface area (Å²) in [6, 6.07) is 9.86. The van der Waals surface area contributed by atoms with E-state index in [0.717, 1.165) is 22.6 Å². The summed E-state index contributed by atoms with van der Waals surface area (Å²) in [7, 11) is 1.33. The van der Waals surface area contributed by atoms with E-state index in [4.69, 9.17) is 4.74 Å². The van der Waals surface area contributed by atoms with Crippen LogP contribution in [0.1, 0.15) is 22.3 Å². The number of hydrogen-bond donors (Lipinski definition) is 0. The molecule has 0 bridgehead atoms. The maximum Gasteiger partial charge on any atom is 0.325 e. The summed E-state index contributed by atoms with van der Waals surface area (Å²) in [6.45, 7) is 3.88. The molecule has 1 aromatic carbocycles. The fraction of sp³-hybridized carbons (Fsp3) is 0.353. The quantitative estimate of drug-likeness (QED) is 0.795. The lowest BCUT2D eigenvalue weighted by atomic mass is 10.1. The third-order valence-electron chi connectivity index (χ3n) is 4.09. The highest BCUT2D eigenvalue weighted by atomic mass is 32.2. The minimum atomic E-state index is -0.415. The highest BCUT2D eigenvalue weighted by molar-refractivity contribution is 8.00. The molecule has 1 amide bonds. The van der Waals surface area contributed by atoms with Gasteiger partial charge in [0, 0.05) is 11.3 Å². The van der Waals surface area contributed by atoms with Crippen LogP contribution < -0.4 is 0 Å². The van der Waals surface area contributed by atoms with E-state index in [1.54, 1.807) is 4.90 Å². The van der Waals surface area contributed by atoms with Gasteiger partial charge in [-0.2, -0.15) is 5.10 Å². The first-order valence-electron chi connectivity index (χ1n) is 7.62. The molecule has 6 nitrogen and oxygen atoms in total. The summed E-state index contributed by atoms with van der Waals surface area (Å²) in [6.07, 6.45) is 0. The molecule has 0 aliphatic carbocycles. The number of amides is 1. The third-order valence-corrected chi connectivity index (χ3v) is 5.31. The predicted octanol–water partition coefficient (Wildman–Crippen LogP) is 2.24. The average molecular weight is 345 g/mol. The number of para-hydroxylation sites is 1. The largest absolute Gasteiger partial charge is 0.468 e. The van der Waals surface area contributed by atoms with Crippen molar-refractivity contribution in [3.05, 3.63) is 47.3 Å². The molecule has 7 heteroatoms. The van der Waals surface area contributed by atoms with Gasteiger partial charge < -0.3 is 9.64 Å². The van der Waals surface area contributed by atoms with E-state index < -0.39 is 5.97 Å². The Kier molecular flexibility index (Phi) is 4.62. The second-order valence-electron chi connectivity index (χ2n) is 5.59. The molecule has 1 aromatic heterocycles. The van der Waals surface area contributed by atoms with Gasteiger partial charge in [-0.15, -0.1) is 11.8 Å². The molecule has 24 heavy (non-hydrogen) atoms. The Morgan fingerprint density at radius 2 is 2.04 bits per heavy atom. The van der Waals surface area contributed by atoms with Crippen molar-refractivity contribution < 1.29 is 14.3 Å². The third kappa shape index (κ3) is 2.91. The molecule has 0 saturated carbocycles. The molecule has 0 spiro atoms. The van der Waals surface area contributed by atoms with Crippen LogP contribution in [0.4, 0.5) is 0 Å². The minimum absolute atomic E-state index is 0.0393. The summed E-state index contributed by atoms with van der Waals surface area (Å²) in [5, 5.41) is 4.42. The van der Waals surface area contributed by atoms with Crippen molar-refractivity contribution in [3.8, 4) is 5.69 Å². The molecular formula is C17H19N3O3S. The summed E-state index contributed by atoms with van der Waals surface area (Å²) in [4.78, 5) is 25.4. The van der Waals surface area contributed by atoms with E-state index in [1.165, 1.54) is 18.9 Å². The first-order valence-corrected chi connectivity index (χ1v) is 8.67. The van der Waals surface area contributed by atoms with Crippen molar-refractivity contribution in [2.75, 3.05) is 19.4 Å². The zero-order valence-corrected chi connectivity index (χ0v) is 14.7. The fourth-order valence-electron chi connectivity index (χ4n) is 2.90. The standard InChI is InChI=1S/C17H19N3O3S/c1-11-16(12(2)20(18-11)13-7-5-4-6-8-13)17-19(9-15(22)23-3)14(21)10-24-17/h4-8,17H,9-10H2,1-3H3. The van der Waals surface area contributed by atoms with Crippen LogP contribution in [0.5, 0.6) is 0 Å². The molecule has 1 unspecified atom stereocenters. The molecule has 1 saturated heterocycles. The van der Waals surface area contributed by atoms with Gasteiger partial charge in [-0.25, -0.2) is 4.68 Å². The molecule has 126 valence electrons. The zero-order chi connectivity index (χ0) is 17.3. The SMILES string of the molecule is COC(=O)CN1C(=O)CSC1c1c(C)nn(-c2ccccc2)c1C. The number of thioether (sulfide) groups is 1. The first kappa shape index (κ1) is 16.6. The zero-order valence-electron chi connectivity index (χ0n) is 13.9. The molecule has 1 aliphatic rings. The number of carbonyl (C=O) groups is 2. The number of nitrogens with zero attached hydrogens (tertiary/aromatic N) is 3. The molecule has 0 radical (unpaired) electrons. The summed E-state index contributed by atoms with van der Waals surface area (Å²) in [5.74, 6) is -0.111. The number of carbonyl (C=O) groups excluding carboxylic acids is 2. The number of hydrogen-bond acceptors (Lipinski definition) is 5. The number of aromatic nitrogens is 2.